The number of nitrogens with zero attached hydrogens (tertiary/aromatic N) is 4. The fourth-order valence-electron chi connectivity index (χ4n) is 2.01. The molecular weight excluding hydrogens is 282 g/mol. The molecule has 0 bridgehead atoms. The normalized spacial score (nSPS) is 17.9. The van der Waals surface area contributed by atoms with Crippen LogP contribution in [0.2, 0.25) is 0 Å². The molecule has 0 radical (unpaired) electrons. The maximum Gasteiger partial charge on any atom is 0.148 e. The van der Waals surface area contributed by atoms with Crippen LogP contribution in [0, 0.1) is 0 Å². The Morgan fingerprint density at radius 2 is 2.06 bits per heavy atom. The fraction of sp³-hybridized carbons (Fsp3) is 0.636. The van der Waals surface area contributed by atoms with Gasteiger partial charge in [0.2, 0.25) is 0 Å². The molecule has 2 heterocycles. The molecule has 1 aromatic heterocycles. The van der Waals surface area contributed by atoms with Crippen molar-refractivity contribution in [2.45, 2.75) is 6.42 Å². The van der Waals surface area contributed by atoms with Gasteiger partial charge in [-0.2, -0.15) is 0 Å². The molecule has 0 unspecified atom stereocenters. The van der Waals surface area contributed by atoms with Crippen molar-refractivity contribution in [1.82, 2.24) is 14.9 Å². The molecule has 0 aliphatic carbocycles. The molecule has 1 fully saturated rings. The number of anilines is 2. The number of hydrogen-bond donors (Lipinski definition) is 1. The van der Waals surface area contributed by atoms with Crippen LogP contribution in [0.3, 0.4) is 0 Å². The lowest BCUT2D eigenvalue weighted by Gasteiger charge is -2.23. The Balaban J connectivity index is 2.21. The number of rotatable bonds is 2. The largest absolute Gasteiger partial charge is 0.372 e. The Labute approximate surface area is 110 Å². The van der Waals surface area contributed by atoms with Gasteiger partial charge in [-0.1, -0.05) is 0 Å². The van der Waals surface area contributed by atoms with Crippen molar-refractivity contribution in [3.8, 4) is 0 Å². The van der Waals surface area contributed by atoms with Crippen LogP contribution in [0.1, 0.15) is 6.42 Å². The van der Waals surface area contributed by atoms with Crippen molar-refractivity contribution in [2.24, 2.45) is 0 Å². The summed E-state index contributed by atoms with van der Waals surface area (Å²) in [7, 11) is 4.03. The molecule has 17 heavy (non-hydrogen) atoms. The summed E-state index contributed by atoms with van der Waals surface area (Å²) in [6, 6.07) is 0. The monoisotopic (exact) mass is 299 g/mol. The summed E-state index contributed by atoms with van der Waals surface area (Å²) in [6.07, 6.45) is 2.78. The van der Waals surface area contributed by atoms with E-state index in [1.54, 1.807) is 6.33 Å². The predicted octanol–water partition coefficient (Wildman–Crippen LogP) is 1.42. The van der Waals surface area contributed by atoms with E-state index in [2.05, 4.69) is 48.1 Å². The first kappa shape index (κ1) is 12.6. The lowest BCUT2D eigenvalue weighted by molar-refractivity contribution is 0.360. The van der Waals surface area contributed by atoms with E-state index in [9.17, 15) is 0 Å². The Morgan fingerprint density at radius 3 is 2.82 bits per heavy atom. The molecule has 1 aromatic rings. The highest BCUT2D eigenvalue weighted by atomic mass is 79.9. The lowest BCUT2D eigenvalue weighted by atomic mass is 10.3. The molecule has 1 N–H and O–H groups in total. The van der Waals surface area contributed by atoms with E-state index in [-0.39, 0.29) is 0 Å². The summed E-state index contributed by atoms with van der Waals surface area (Å²) < 4.78 is 0.951. The second kappa shape index (κ2) is 5.64. The van der Waals surface area contributed by atoms with Crippen LogP contribution in [-0.4, -0.2) is 55.1 Å². The minimum Gasteiger partial charge on any atom is -0.372 e. The minimum atomic E-state index is 0.840. The molecule has 0 atom stereocenters. The Morgan fingerprint density at radius 1 is 1.24 bits per heavy atom. The van der Waals surface area contributed by atoms with Crippen molar-refractivity contribution < 1.29 is 0 Å². The molecule has 2 rings (SSSR count). The molecule has 1 saturated heterocycles. The first-order valence-electron chi connectivity index (χ1n) is 5.84. The smallest absolute Gasteiger partial charge is 0.148 e. The van der Waals surface area contributed by atoms with Gasteiger partial charge in [-0.3, -0.25) is 0 Å². The van der Waals surface area contributed by atoms with Crippen LogP contribution in [0.5, 0.6) is 0 Å². The van der Waals surface area contributed by atoms with Gasteiger partial charge >= 0.3 is 0 Å². The van der Waals surface area contributed by atoms with Gasteiger partial charge in [0, 0.05) is 26.7 Å². The first-order valence-corrected chi connectivity index (χ1v) is 6.63. The van der Waals surface area contributed by atoms with E-state index in [1.165, 1.54) is 6.42 Å². The van der Waals surface area contributed by atoms with Gasteiger partial charge < -0.3 is 15.1 Å². The van der Waals surface area contributed by atoms with Crippen molar-refractivity contribution in [3.05, 3.63) is 10.8 Å². The summed E-state index contributed by atoms with van der Waals surface area (Å²) >= 11 is 3.57. The van der Waals surface area contributed by atoms with Crippen molar-refractivity contribution in [2.75, 3.05) is 50.5 Å². The lowest BCUT2D eigenvalue weighted by Crippen LogP contribution is -2.29. The van der Waals surface area contributed by atoms with Crippen LogP contribution in [0.25, 0.3) is 0 Å². The molecule has 1 aliphatic rings. The topological polar surface area (TPSA) is 44.3 Å². The summed E-state index contributed by atoms with van der Waals surface area (Å²) in [6.45, 7) is 4.28. The second-order valence-electron chi connectivity index (χ2n) is 4.25. The third-order valence-electron chi connectivity index (χ3n) is 3.03. The molecule has 0 aromatic carbocycles. The quantitative estimate of drug-likeness (QED) is 0.895. The summed E-state index contributed by atoms with van der Waals surface area (Å²) in [5.74, 6) is 1.83. The van der Waals surface area contributed by atoms with Crippen LogP contribution >= 0.6 is 15.9 Å². The van der Waals surface area contributed by atoms with Crippen molar-refractivity contribution in [3.63, 3.8) is 0 Å². The highest BCUT2D eigenvalue weighted by Crippen LogP contribution is 2.29. The minimum absolute atomic E-state index is 0.840. The maximum absolute atomic E-state index is 4.39. The van der Waals surface area contributed by atoms with E-state index in [0.717, 1.165) is 42.3 Å². The van der Waals surface area contributed by atoms with E-state index in [0.29, 0.717) is 0 Å². The third kappa shape index (κ3) is 2.87. The number of halogens is 1. The van der Waals surface area contributed by atoms with Gasteiger partial charge in [0.1, 0.15) is 22.4 Å². The van der Waals surface area contributed by atoms with Crippen LogP contribution in [-0.2, 0) is 0 Å². The van der Waals surface area contributed by atoms with Crippen molar-refractivity contribution >= 4 is 27.6 Å². The van der Waals surface area contributed by atoms with Crippen LogP contribution in [0.4, 0.5) is 11.6 Å². The summed E-state index contributed by atoms with van der Waals surface area (Å²) in [5.41, 5.74) is 0. The number of likely N-dealkylation sites (N-methyl/N-ethyl adjacent to an activating group) is 1. The highest BCUT2D eigenvalue weighted by molar-refractivity contribution is 9.10. The third-order valence-corrected chi connectivity index (χ3v) is 3.76. The van der Waals surface area contributed by atoms with E-state index in [4.69, 9.17) is 0 Å². The number of hydrogen-bond acceptors (Lipinski definition) is 5. The second-order valence-corrected chi connectivity index (χ2v) is 5.05. The Hall–Kier alpha value is -0.880. The van der Waals surface area contributed by atoms with E-state index in [1.807, 2.05) is 7.05 Å². The molecule has 0 saturated carbocycles. The van der Waals surface area contributed by atoms with Crippen LogP contribution in [0.15, 0.2) is 10.8 Å². The van der Waals surface area contributed by atoms with Gasteiger partial charge in [-0.25, -0.2) is 9.97 Å². The Kier molecular flexibility index (Phi) is 4.17. The number of aromatic nitrogens is 2. The standard InChI is InChI=1S/C11H18BrN5/c1-13-10-9(12)11(15-8-14-10)17-5-3-4-16(2)6-7-17/h8H,3-7H2,1-2H3,(H,13,14,15). The zero-order valence-corrected chi connectivity index (χ0v) is 11.9. The summed E-state index contributed by atoms with van der Waals surface area (Å²) in [5, 5.41) is 3.06. The molecule has 5 nitrogen and oxygen atoms in total. The fourth-order valence-corrected chi connectivity index (χ4v) is 2.67. The molecular formula is C11H18BrN5. The molecule has 94 valence electrons. The maximum atomic E-state index is 4.39. The van der Waals surface area contributed by atoms with Gasteiger partial charge in [-0.15, -0.1) is 0 Å². The van der Waals surface area contributed by atoms with Crippen molar-refractivity contribution in [1.29, 1.82) is 0 Å². The molecule has 0 amide bonds. The van der Waals surface area contributed by atoms with E-state index < -0.39 is 0 Å². The molecule has 1 aliphatic heterocycles. The zero-order chi connectivity index (χ0) is 12.3. The molecule has 6 heteroatoms. The van der Waals surface area contributed by atoms with E-state index >= 15 is 0 Å². The molecule has 0 spiro atoms. The van der Waals surface area contributed by atoms with Gasteiger partial charge in [0.15, 0.2) is 0 Å². The van der Waals surface area contributed by atoms with Gasteiger partial charge in [-0.05, 0) is 35.9 Å². The number of nitrogens with one attached hydrogen (secondary N) is 1. The SMILES string of the molecule is CNc1ncnc(N2CCCN(C)CC2)c1Br. The average molecular weight is 300 g/mol. The Bertz CT molecular complexity index is 384. The van der Waals surface area contributed by atoms with Gasteiger partial charge in [0.25, 0.3) is 0 Å². The van der Waals surface area contributed by atoms with Gasteiger partial charge in [0.05, 0.1) is 0 Å². The highest BCUT2D eigenvalue weighted by Gasteiger charge is 2.17. The zero-order valence-electron chi connectivity index (χ0n) is 10.3. The van der Waals surface area contributed by atoms with Crippen LogP contribution < -0.4 is 10.2 Å². The average Bonchev–Trinajstić information content (AvgIpc) is 2.54. The summed E-state index contributed by atoms with van der Waals surface area (Å²) in [4.78, 5) is 13.2. The predicted molar refractivity (Wildman–Crippen MR) is 73.6 cm³/mol. The first-order chi connectivity index (χ1) is 8.22.